The van der Waals surface area contributed by atoms with E-state index in [1.807, 2.05) is 42.3 Å². The first-order chi connectivity index (χ1) is 20.9. The van der Waals surface area contributed by atoms with Crippen LogP contribution in [-0.4, -0.2) is 53.9 Å². The minimum Gasteiger partial charge on any atom is -0.462 e. The highest BCUT2D eigenvalue weighted by molar-refractivity contribution is 5.92. The second-order valence-electron chi connectivity index (χ2n) is 10.7. The Morgan fingerprint density at radius 2 is 1.47 bits per heavy atom. The molecule has 2 amide bonds. The fraction of sp³-hybridized carbons (Fsp3) is 0.387. The number of nitrogens with zero attached hydrogens (tertiary/aromatic N) is 7. The van der Waals surface area contributed by atoms with Gasteiger partial charge < -0.3 is 19.6 Å². The molecule has 4 aromatic heterocycles. The van der Waals surface area contributed by atoms with Crippen LogP contribution >= 0.6 is 0 Å². The molecular weight excluding hydrogens is 546 g/mol. The van der Waals surface area contributed by atoms with Crippen LogP contribution in [0.3, 0.4) is 0 Å². The molecule has 12 nitrogen and oxygen atoms in total. The highest BCUT2D eigenvalue weighted by atomic mass is 16.5. The number of nitrogens with one attached hydrogen (secondary N) is 1. The summed E-state index contributed by atoms with van der Waals surface area (Å²) in [4.78, 5) is 40.8. The normalized spacial score (nSPS) is 13.9. The van der Waals surface area contributed by atoms with Gasteiger partial charge in [-0.25, -0.2) is 25.0 Å². The molecule has 0 bridgehead atoms. The number of hydrogen-bond donors (Lipinski definition) is 2. The summed E-state index contributed by atoms with van der Waals surface area (Å²) in [6.45, 7) is 2.21. The quantitative estimate of drug-likeness (QED) is 0.198. The van der Waals surface area contributed by atoms with Gasteiger partial charge >= 0.3 is 12.0 Å². The lowest BCUT2D eigenvalue weighted by molar-refractivity contribution is 0.0524. The number of rotatable bonds is 6. The fourth-order valence-corrected chi connectivity index (χ4v) is 5.58. The lowest BCUT2D eigenvalue weighted by Crippen LogP contribution is -2.24. The SMILES string of the molecule is CCOC(=O)c1cc(-c2cncn2C)nc2c1CCCC2.Cn1cncc1-c1cc(/C=N/NC(N)=O)c2c(n1)CCCC2. The summed E-state index contributed by atoms with van der Waals surface area (Å²) in [5.74, 6) is -0.249. The zero-order valence-electron chi connectivity index (χ0n) is 24.8. The number of ether oxygens (including phenoxy) is 1. The molecule has 0 aliphatic heterocycles. The van der Waals surface area contributed by atoms with Gasteiger partial charge in [-0.15, -0.1) is 0 Å². The van der Waals surface area contributed by atoms with Gasteiger partial charge in [0, 0.05) is 31.0 Å². The Kier molecular flexibility index (Phi) is 9.23. The number of hydrogen-bond acceptors (Lipinski definition) is 8. The number of esters is 1. The number of amides is 2. The van der Waals surface area contributed by atoms with Crippen molar-refractivity contribution in [1.82, 2.24) is 34.5 Å². The third kappa shape index (κ3) is 6.79. The van der Waals surface area contributed by atoms with Gasteiger partial charge in [0.05, 0.1) is 66.2 Å². The Labute approximate surface area is 250 Å². The van der Waals surface area contributed by atoms with Crippen molar-refractivity contribution in [2.24, 2.45) is 24.9 Å². The number of aromatic nitrogens is 6. The summed E-state index contributed by atoms with van der Waals surface area (Å²) in [5.41, 5.74) is 16.8. The molecule has 0 saturated heterocycles. The highest BCUT2D eigenvalue weighted by Gasteiger charge is 2.22. The first-order valence-corrected chi connectivity index (χ1v) is 14.6. The molecule has 0 spiro atoms. The van der Waals surface area contributed by atoms with Gasteiger partial charge in [-0.1, -0.05) is 0 Å². The summed E-state index contributed by atoms with van der Waals surface area (Å²) < 4.78 is 9.05. The number of hydrazone groups is 1. The van der Waals surface area contributed by atoms with Crippen LogP contribution in [0.5, 0.6) is 0 Å². The van der Waals surface area contributed by atoms with Crippen LogP contribution in [-0.2, 0) is 44.5 Å². The van der Waals surface area contributed by atoms with Crippen molar-refractivity contribution in [2.75, 3.05) is 6.61 Å². The first kappa shape index (κ1) is 29.6. The van der Waals surface area contributed by atoms with E-state index >= 15 is 0 Å². The topological polar surface area (TPSA) is 155 Å². The molecule has 4 heterocycles. The number of fused-ring (bicyclic) bond motifs is 2. The number of pyridine rings is 2. The van der Waals surface area contributed by atoms with E-state index in [-0.39, 0.29) is 5.97 Å². The Morgan fingerprint density at radius 1 is 0.907 bits per heavy atom. The third-order valence-electron chi connectivity index (χ3n) is 7.67. The zero-order chi connectivity index (χ0) is 30.3. The van der Waals surface area contributed by atoms with Crippen LogP contribution in [0, 0.1) is 0 Å². The van der Waals surface area contributed by atoms with Gasteiger partial charge in [-0.2, -0.15) is 5.10 Å². The molecule has 12 heteroatoms. The standard InChI is InChI=1S/C16H19N3O2.C15H18N6O/c1-3-21-16(20)12-8-14(15-9-17-10-19(15)2)18-13-7-5-4-6-11(12)13;1-21-9-17-8-14(21)13-6-10(7-18-20-15(16)22)11-4-2-3-5-12(11)19-13/h8-10H,3-7H2,1-2H3;6-9H,2-5H2,1H3,(H3,16,20,22)/b;18-7+. The molecule has 43 heavy (non-hydrogen) atoms. The van der Waals surface area contributed by atoms with Crippen LogP contribution in [0.25, 0.3) is 22.8 Å². The summed E-state index contributed by atoms with van der Waals surface area (Å²) in [5, 5.41) is 3.89. The Hall–Kier alpha value is -4.87. The molecule has 0 fully saturated rings. The van der Waals surface area contributed by atoms with Gasteiger partial charge in [0.2, 0.25) is 0 Å². The predicted molar refractivity (Wildman–Crippen MR) is 162 cm³/mol. The molecule has 4 aromatic rings. The largest absolute Gasteiger partial charge is 0.462 e. The molecule has 2 aliphatic carbocycles. The zero-order valence-corrected chi connectivity index (χ0v) is 24.8. The molecule has 0 unspecified atom stereocenters. The van der Waals surface area contributed by atoms with E-state index in [0.717, 1.165) is 96.7 Å². The van der Waals surface area contributed by atoms with Crippen LogP contribution in [0.15, 0.2) is 42.3 Å². The summed E-state index contributed by atoms with van der Waals surface area (Å²) in [6, 6.07) is 3.15. The predicted octanol–water partition coefficient (Wildman–Crippen LogP) is 3.90. The van der Waals surface area contributed by atoms with Gasteiger partial charge in [-0.3, -0.25) is 9.97 Å². The highest BCUT2D eigenvalue weighted by Crippen LogP contribution is 2.29. The van der Waals surface area contributed by atoms with Gasteiger partial charge in [-0.05, 0) is 81.5 Å². The number of carbonyl (C=O) groups excluding carboxylic acids is 2. The minimum absolute atomic E-state index is 0.249. The van der Waals surface area contributed by atoms with Crippen LogP contribution < -0.4 is 11.2 Å². The Morgan fingerprint density at radius 3 is 2.02 bits per heavy atom. The number of primary amides is 1. The van der Waals surface area contributed by atoms with Crippen molar-refractivity contribution < 1.29 is 14.3 Å². The van der Waals surface area contributed by atoms with Crippen molar-refractivity contribution in [3.05, 3.63) is 70.8 Å². The minimum atomic E-state index is -0.675. The third-order valence-corrected chi connectivity index (χ3v) is 7.67. The van der Waals surface area contributed by atoms with E-state index in [1.165, 1.54) is 5.56 Å². The Bertz CT molecular complexity index is 1650. The van der Waals surface area contributed by atoms with Gasteiger partial charge in [0.25, 0.3) is 0 Å². The summed E-state index contributed by atoms with van der Waals surface area (Å²) >= 11 is 0. The molecule has 0 atom stereocenters. The first-order valence-electron chi connectivity index (χ1n) is 14.6. The van der Waals surface area contributed by atoms with Crippen LogP contribution in [0.4, 0.5) is 4.79 Å². The monoisotopic (exact) mass is 583 g/mol. The lowest BCUT2D eigenvalue weighted by Gasteiger charge is -2.19. The maximum absolute atomic E-state index is 12.3. The molecule has 6 rings (SSSR count). The second-order valence-corrected chi connectivity index (χ2v) is 10.7. The van der Waals surface area contributed by atoms with E-state index in [9.17, 15) is 9.59 Å². The van der Waals surface area contributed by atoms with Crippen molar-refractivity contribution in [2.45, 2.75) is 58.3 Å². The molecule has 224 valence electrons. The summed E-state index contributed by atoms with van der Waals surface area (Å²) in [7, 11) is 3.86. The number of carbonyl (C=O) groups is 2. The van der Waals surface area contributed by atoms with Crippen LogP contribution in [0.1, 0.15) is 71.0 Å². The second kappa shape index (κ2) is 13.4. The smallest absolute Gasteiger partial charge is 0.338 e. The number of urea groups is 1. The average molecular weight is 584 g/mol. The number of aryl methyl sites for hydroxylation is 4. The molecular formula is C31H37N9O3. The number of nitrogens with two attached hydrogens (primary N) is 1. The van der Waals surface area contributed by atoms with Gasteiger partial charge in [0.15, 0.2) is 0 Å². The van der Waals surface area contributed by atoms with Crippen molar-refractivity contribution >= 4 is 18.2 Å². The Balaban J connectivity index is 0.000000171. The van der Waals surface area contributed by atoms with Crippen molar-refractivity contribution in [3.8, 4) is 22.8 Å². The van der Waals surface area contributed by atoms with E-state index in [2.05, 4.69) is 20.5 Å². The maximum atomic E-state index is 12.3. The lowest BCUT2D eigenvalue weighted by atomic mass is 9.91. The molecule has 3 N–H and O–H groups in total. The van der Waals surface area contributed by atoms with Crippen molar-refractivity contribution in [3.63, 3.8) is 0 Å². The van der Waals surface area contributed by atoms with Crippen LogP contribution in [0.2, 0.25) is 0 Å². The van der Waals surface area contributed by atoms with Crippen molar-refractivity contribution in [1.29, 1.82) is 0 Å². The molecule has 0 radical (unpaired) electrons. The molecule has 0 saturated carbocycles. The van der Waals surface area contributed by atoms with E-state index in [0.29, 0.717) is 12.2 Å². The number of imidazole rings is 2. The molecule has 2 aliphatic rings. The average Bonchev–Trinajstić information content (AvgIpc) is 3.64. The summed E-state index contributed by atoms with van der Waals surface area (Å²) in [6.07, 6.45) is 17.0. The van der Waals surface area contributed by atoms with E-state index in [1.54, 1.807) is 31.3 Å². The van der Waals surface area contributed by atoms with Gasteiger partial charge in [0.1, 0.15) is 0 Å². The molecule has 0 aromatic carbocycles. The van der Waals surface area contributed by atoms with E-state index in [4.69, 9.17) is 20.4 Å². The van der Waals surface area contributed by atoms with E-state index < -0.39 is 6.03 Å². The fourth-order valence-electron chi connectivity index (χ4n) is 5.58. The maximum Gasteiger partial charge on any atom is 0.338 e.